The van der Waals surface area contributed by atoms with Gasteiger partial charge in [-0.2, -0.15) is 0 Å². The van der Waals surface area contributed by atoms with Crippen molar-refractivity contribution in [1.29, 1.82) is 0 Å². The van der Waals surface area contributed by atoms with Crippen molar-refractivity contribution in [3.63, 3.8) is 0 Å². The molecule has 7 heteroatoms. The molecule has 1 aliphatic rings. The third-order valence-corrected chi connectivity index (χ3v) is 5.24. The first-order valence-electron chi connectivity index (χ1n) is 6.64. The topological polar surface area (TPSA) is 81.1 Å². The number of imidazole rings is 1. The molecule has 1 N–H and O–H groups in total. The van der Waals surface area contributed by atoms with E-state index in [0.29, 0.717) is 12.1 Å². The number of benzene rings is 1. The van der Waals surface area contributed by atoms with Gasteiger partial charge in [0.2, 0.25) is 0 Å². The maximum Gasteiger partial charge on any atom is 0.270 e. The molecule has 0 spiro atoms. The molecule has 0 saturated carbocycles. The normalized spacial score (nSPS) is 20.3. The SMILES string of the molecule is O=C(NC1CCS(=O)(=O)C1)c1cncn1-c1ccccc1. The minimum Gasteiger partial charge on any atom is -0.347 e. The molecule has 2 aromatic rings. The van der Waals surface area contributed by atoms with Crippen LogP contribution in [-0.2, 0) is 9.84 Å². The van der Waals surface area contributed by atoms with Gasteiger partial charge in [-0.05, 0) is 18.6 Å². The van der Waals surface area contributed by atoms with Crippen LogP contribution in [0.15, 0.2) is 42.9 Å². The predicted octanol–water partition coefficient (Wildman–Crippen LogP) is 0.789. The van der Waals surface area contributed by atoms with Gasteiger partial charge in [-0.15, -0.1) is 0 Å². The molecule has 3 rings (SSSR count). The van der Waals surface area contributed by atoms with E-state index in [1.54, 1.807) is 10.9 Å². The number of carbonyl (C=O) groups excluding carboxylic acids is 1. The van der Waals surface area contributed by atoms with E-state index in [1.165, 1.54) is 6.20 Å². The van der Waals surface area contributed by atoms with Crippen LogP contribution in [0.5, 0.6) is 0 Å². The van der Waals surface area contributed by atoms with Gasteiger partial charge in [0.15, 0.2) is 9.84 Å². The number of nitrogens with zero attached hydrogens (tertiary/aromatic N) is 2. The van der Waals surface area contributed by atoms with E-state index >= 15 is 0 Å². The Morgan fingerprint density at radius 1 is 1.29 bits per heavy atom. The number of rotatable bonds is 3. The fraction of sp³-hybridized carbons (Fsp3) is 0.286. The summed E-state index contributed by atoms with van der Waals surface area (Å²) in [6, 6.07) is 9.07. The fourth-order valence-corrected chi connectivity index (χ4v) is 4.10. The summed E-state index contributed by atoms with van der Waals surface area (Å²) in [6.07, 6.45) is 3.51. The van der Waals surface area contributed by atoms with E-state index in [9.17, 15) is 13.2 Å². The molecule has 0 radical (unpaired) electrons. The van der Waals surface area contributed by atoms with Crippen LogP contribution in [0.1, 0.15) is 16.9 Å². The molecule has 0 aliphatic carbocycles. The van der Waals surface area contributed by atoms with Gasteiger partial charge in [0, 0.05) is 11.7 Å². The molecular weight excluding hydrogens is 290 g/mol. The van der Waals surface area contributed by atoms with Gasteiger partial charge in [0.05, 0.1) is 24.0 Å². The Morgan fingerprint density at radius 2 is 2.05 bits per heavy atom. The van der Waals surface area contributed by atoms with Gasteiger partial charge in [0.1, 0.15) is 5.69 Å². The maximum absolute atomic E-state index is 12.3. The summed E-state index contributed by atoms with van der Waals surface area (Å²) in [4.78, 5) is 16.3. The molecule has 1 fully saturated rings. The van der Waals surface area contributed by atoms with Gasteiger partial charge in [0.25, 0.3) is 5.91 Å². The highest BCUT2D eigenvalue weighted by atomic mass is 32.2. The Bertz CT molecular complexity index is 753. The first-order valence-corrected chi connectivity index (χ1v) is 8.46. The summed E-state index contributed by atoms with van der Waals surface area (Å²) in [5.41, 5.74) is 1.23. The van der Waals surface area contributed by atoms with Crippen molar-refractivity contribution >= 4 is 15.7 Å². The highest BCUT2D eigenvalue weighted by molar-refractivity contribution is 7.91. The molecule has 1 aromatic heterocycles. The van der Waals surface area contributed by atoms with E-state index in [0.717, 1.165) is 5.69 Å². The van der Waals surface area contributed by atoms with Crippen molar-refractivity contribution in [2.45, 2.75) is 12.5 Å². The molecule has 21 heavy (non-hydrogen) atoms. The Balaban J connectivity index is 1.79. The van der Waals surface area contributed by atoms with Crippen molar-refractivity contribution < 1.29 is 13.2 Å². The smallest absolute Gasteiger partial charge is 0.270 e. The summed E-state index contributed by atoms with van der Waals surface area (Å²) < 4.78 is 24.5. The number of nitrogens with one attached hydrogen (secondary N) is 1. The number of sulfone groups is 1. The molecular formula is C14H15N3O3S. The molecule has 6 nitrogen and oxygen atoms in total. The van der Waals surface area contributed by atoms with Crippen LogP contribution in [-0.4, -0.2) is 41.4 Å². The second kappa shape index (κ2) is 5.33. The number of hydrogen-bond acceptors (Lipinski definition) is 4. The highest BCUT2D eigenvalue weighted by Gasteiger charge is 2.29. The Hall–Kier alpha value is -2.15. The van der Waals surface area contributed by atoms with Crippen LogP contribution < -0.4 is 5.32 Å². The third-order valence-electron chi connectivity index (χ3n) is 3.47. The van der Waals surface area contributed by atoms with Crippen LogP contribution in [0, 0.1) is 0 Å². The first kappa shape index (κ1) is 13.8. The first-order chi connectivity index (χ1) is 10.1. The zero-order valence-electron chi connectivity index (χ0n) is 11.3. The van der Waals surface area contributed by atoms with Crippen molar-refractivity contribution in [3.8, 4) is 5.69 Å². The number of para-hydroxylation sites is 1. The Kier molecular flexibility index (Phi) is 3.50. The van der Waals surface area contributed by atoms with Crippen LogP contribution in [0.4, 0.5) is 0 Å². The summed E-state index contributed by atoms with van der Waals surface area (Å²) >= 11 is 0. The predicted molar refractivity (Wildman–Crippen MR) is 78.1 cm³/mol. The van der Waals surface area contributed by atoms with E-state index in [2.05, 4.69) is 10.3 Å². The molecule has 1 amide bonds. The lowest BCUT2D eigenvalue weighted by molar-refractivity contribution is 0.0934. The Morgan fingerprint density at radius 3 is 2.71 bits per heavy atom. The van der Waals surface area contributed by atoms with Crippen molar-refractivity contribution in [3.05, 3.63) is 48.5 Å². The third kappa shape index (κ3) is 2.97. The van der Waals surface area contributed by atoms with Gasteiger partial charge in [-0.3, -0.25) is 9.36 Å². The molecule has 1 aliphatic heterocycles. The zero-order chi connectivity index (χ0) is 14.9. The number of amides is 1. The lowest BCUT2D eigenvalue weighted by atomic mass is 10.2. The van der Waals surface area contributed by atoms with Crippen molar-refractivity contribution in [1.82, 2.24) is 14.9 Å². The van der Waals surface area contributed by atoms with Crippen LogP contribution in [0.2, 0.25) is 0 Å². The zero-order valence-corrected chi connectivity index (χ0v) is 12.1. The monoisotopic (exact) mass is 305 g/mol. The molecule has 1 aromatic carbocycles. The van der Waals surface area contributed by atoms with E-state index in [4.69, 9.17) is 0 Å². The summed E-state index contributed by atoms with van der Waals surface area (Å²) in [5.74, 6) is -0.160. The fourth-order valence-electron chi connectivity index (χ4n) is 2.43. The summed E-state index contributed by atoms with van der Waals surface area (Å²) in [5, 5.41) is 2.77. The lowest BCUT2D eigenvalue weighted by Gasteiger charge is -2.12. The Labute approximate surface area is 122 Å². The quantitative estimate of drug-likeness (QED) is 0.909. The standard InChI is InChI=1S/C14H15N3O3S/c18-14(16-11-6-7-21(19,20)9-11)13-8-15-10-17(13)12-4-2-1-3-5-12/h1-5,8,10-11H,6-7,9H2,(H,16,18). The highest BCUT2D eigenvalue weighted by Crippen LogP contribution is 2.14. The van der Waals surface area contributed by atoms with Crippen LogP contribution >= 0.6 is 0 Å². The average molecular weight is 305 g/mol. The second-order valence-electron chi connectivity index (χ2n) is 5.06. The number of hydrogen-bond donors (Lipinski definition) is 1. The molecule has 0 bridgehead atoms. The average Bonchev–Trinajstić information content (AvgIpc) is 3.06. The maximum atomic E-state index is 12.3. The van der Waals surface area contributed by atoms with Crippen LogP contribution in [0.3, 0.4) is 0 Å². The summed E-state index contributed by atoms with van der Waals surface area (Å²) in [6.45, 7) is 0. The van der Waals surface area contributed by atoms with Gasteiger partial charge >= 0.3 is 0 Å². The number of carbonyl (C=O) groups is 1. The van der Waals surface area contributed by atoms with E-state index in [-0.39, 0.29) is 23.5 Å². The van der Waals surface area contributed by atoms with Crippen LogP contribution in [0.25, 0.3) is 5.69 Å². The lowest BCUT2D eigenvalue weighted by Crippen LogP contribution is -2.36. The van der Waals surface area contributed by atoms with Gasteiger partial charge < -0.3 is 5.32 Å². The van der Waals surface area contributed by atoms with Crippen molar-refractivity contribution in [2.75, 3.05) is 11.5 Å². The van der Waals surface area contributed by atoms with Gasteiger partial charge in [-0.25, -0.2) is 13.4 Å². The molecule has 1 unspecified atom stereocenters. The minimum absolute atomic E-state index is 0.0121. The summed E-state index contributed by atoms with van der Waals surface area (Å²) in [7, 11) is -3.01. The largest absolute Gasteiger partial charge is 0.347 e. The molecule has 2 heterocycles. The van der Waals surface area contributed by atoms with E-state index in [1.807, 2.05) is 30.3 Å². The van der Waals surface area contributed by atoms with E-state index < -0.39 is 9.84 Å². The molecule has 110 valence electrons. The van der Waals surface area contributed by atoms with Gasteiger partial charge in [-0.1, -0.05) is 18.2 Å². The second-order valence-corrected chi connectivity index (χ2v) is 7.29. The molecule has 1 atom stereocenters. The number of aromatic nitrogens is 2. The minimum atomic E-state index is -3.01. The molecule has 1 saturated heterocycles. The van der Waals surface area contributed by atoms with Crippen molar-refractivity contribution in [2.24, 2.45) is 0 Å².